The lowest BCUT2D eigenvalue weighted by atomic mass is 9.99. The standard InChI is InChI=1S/C21H22ClN3O4S/c1-10-8-11-5-7-26-15(17(11)30-10)13-14-16(29-21(2,3)28-14)20(27-13)25-6-4-12-18(22)23-9-24-19(12)25/h4,6,8-9,13-16,20H,5,7H2,1-3H3/t13-,14+,15?,16+,20+/m0/s1. The van der Waals surface area contributed by atoms with Crippen LogP contribution in [0.3, 0.4) is 0 Å². The molecule has 0 spiro atoms. The molecule has 2 saturated heterocycles. The molecule has 0 saturated carbocycles. The van der Waals surface area contributed by atoms with Gasteiger partial charge in [-0.05, 0) is 44.9 Å². The lowest BCUT2D eigenvalue weighted by Crippen LogP contribution is -2.36. The molecule has 0 aliphatic carbocycles. The van der Waals surface area contributed by atoms with Gasteiger partial charge in [0.15, 0.2) is 12.0 Å². The van der Waals surface area contributed by atoms with Gasteiger partial charge in [-0.3, -0.25) is 0 Å². The molecule has 6 heterocycles. The molecule has 0 radical (unpaired) electrons. The Kier molecular flexibility index (Phi) is 4.29. The minimum Gasteiger partial charge on any atom is -0.369 e. The van der Waals surface area contributed by atoms with Gasteiger partial charge in [-0.1, -0.05) is 11.6 Å². The molecule has 3 aromatic rings. The van der Waals surface area contributed by atoms with Crippen molar-refractivity contribution in [3.63, 3.8) is 0 Å². The first-order chi connectivity index (χ1) is 14.4. The van der Waals surface area contributed by atoms with Crippen molar-refractivity contribution in [1.29, 1.82) is 0 Å². The predicted molar refractivity (Wildman–Crippen MR) is 112 cm³/mol. The zero-order valence-corrected chi connectivity index (χ0v) is 18.4. The zero-order valence-electron chi connectivity index (χ0n) is 16.9. The van der Waals surface area contributed by atoms with Crippen LogP contribution in [0.5, 0.6) is 0 Å². The Morgan fingerprint density at radius 1 is 1.20 bits per heavy atom. The van der Waals surface area contributed by atoms with Crippen LogP contribution in [0.4, 0.5) is 0 Å². The van der Waals surface area contributed by atoms with Gasteiger partial charge < -0.3 is 23.5 Å². The van der Waals surface area contributed by atoms with Crippen LogP contribution in [-0.2, 0) is 25.4 Å². The van der Waals surface area contributed by atoms with E-state index in [2.05, 4.69) is 23.0 Å². The monoisotopic (exact) mass is 447 g/mol. The van der Waals surface area contributed by atoms with Crippen molar-refractivity contribution in [3.05, 3.63) is 45.1 Å². The molecule has 0 N–H and O–H groups in total. The van der Waals surface area contributed by atoms with E-state index < -0.39 is 12.0 Å². The van der Waals surface area contributed by atoms with Crippen molar-refractivity contribution in [2.24, 2.45) is 0 Å². The smallest absolute Gasteiger partial charge is 0.164 e. The maximum atomic E-state index is 6.61. The number of nitrogens with zero attached hydrogens (tertiary/aromatic N) is 3. The summed E-state index contributed by atoms with van der Waals surface area (Å²) in [5.41, 5.74) is 2.06. The van der Waals surface area contributed by atoms with Gasteiger partial charge in [0, 0.05) is 16.0 Å². The lowest BCUT2D eigenvalue weighted by molar-refractivity contribution is -0.212. The predicted octanol–water partition coefficient (Wildman–Crippen LogP) is 4.19. The number of aryl methyl sites for hydroxylation is 1. The Morgan fingerprint density at radius 3 is 2.90 bits per heavy atom. The first kappa shape index (κ1) is 19.2. The third kappa shape index (κ3) is 2.86. The summed E-state index contributed by atoms with van der Waals surface area (Å²) >= 11 is 8.04. The molecule has 30 heavy (non-hydrogen) atoms. The van der Waals surface area contributed by atoms with Gasteiger partial charge in [0.1, 0.15) is 41.5 Å². The zero-order chi connectivity index (χ0) is 20.6. The molecule has 0 bridgehead atoms. The summed E-state index contributed by atoms with van der Waals surface area (Å²) in [6.07, 6.45) is 2.92. The van der Waals surface area contributed by atoms with E-state index in [1.54, 1.807) is 11.3 Å². The van der Waals surface area contributed by atoms with Crippen LogP contribution in [0, 0.1) is 6.92 Å². The molecule has 3 aliphatic heterocycles. The molecule has 1 unspecified atom stereocenters. The van der Waals surface area contributed by atoms with Crippen molar-refractivity contribution in [2.75, 3.05) is 6.61 Å². The summed E-state index contributed by atoms with van der Waals surface area (Å²) in [5, 5.41) is 1.20. The van der Waals surface area contributed by atoms with Crippen molar-refractivity contribution in [1.82, 2.24) is 14.5 Å². The molecule has 9 heteroatoms. The van der Waals surface area contributed by atoms with E-state index in [9.17, 15) is 0 Å². The number of halogens is 1. The molecular formula is C21H22ClN3O4S. The number of ether oxygens (including phenoxy) is 4. The Bertz CT molecular complexity index is 1130. The number of aromatic nitrogens is 3. The average Bonchev–Trinajstić information content (AvgIpc) is 3.42. The molecule has 6 rings (SSSR count). The number of thiophene rings is 1. The molecule has 5 atom stereocenters. The van der Waals surface area contributed by atoms with Crippen molar-refractivity contribution >= 4 is 34.0 Å². The second-order valence-corrected chi connectivity index (χ2v) is 10.1. The van der Waals surface area contributed by atoms with Crippen molar-refractivity contribution in [2.45, 2.75) is 63.6 Å². The summed E-state index contributed by atoms with van der Waals surface area (Å²) in [4.78, 5) is 11.0. The summed E-state index contributed by atoms with van der Waals surface area (Å²) < 4.78 is 27.5. The second kappa shape index (κ2) is 6.72. The fraction of sp³-hybridized carbons (Fsp3) is 0.524. The second-order valence-electron chi connectivity index (χ2n) is 8.47. The van der Waals surface area contributed by atoms with Gasteiger partial charge in [0.05, 0.1) is 12.0 Å². The van der Waals surface area contributed by atoms with Crippen LogP contribution < -0.4 is 0 Å². The Morgan fingerprint density at radius 2 is 2.03 bits per heavy atom. The molecule has 7 nitrogen and oxygen atoms in total. The number of hydrogen-bond donors (Lipinski definition) is 0. The highest BCUT2D eigenvalue weighted by Gasteiger charge is 2.59. The quantitative estimate of drug-likeness (QED) is 0.549. The summed E-state index contributed by atoms with van der Waals surface area (Å²) in [7, 11) is 0. The SMILES string of the molecule is Cc1cc2c(s1)C([C@H]1O[C@@H](n3ccc4c(Cl)ncnc43)[C@@H]3OC(C)(C)O[C@@H]31)OCC2. The largest absolute Gasteiger partial charge is 0.369 e. The maximum Gasteiger partial charge on any atom is 0.164 e. The topological polar surface area (TPSA) is 67.6 Å². The van der Waals surface area contributed by atoms with E-state index >= 15 is 0 Å². The number of rotatable bonds is 2. The summed E-state index contributed by atoms with van der Waals surface area (Å²) in [5.74, 6) is -0.700. The minimum atomic E-state index is -0.700. The van der Waals surface area contributed by atoms with E-state index in [0.29, 0.717) is 17.4 Å². The van der Waals surface area contributed by atoms with Gasteiger partial charge in [-0.15, -0.1) is 11.3 Å². The van der Waals surface area contributed by atoms with Crippen LogP contribution in [0.25, 0.3) is 11.0 Å². The molecule has 0 amide bonds. The van der Waals surface area contributed by atoms with Crippen LogP contribution in [0.2, 0.25) is 5.15 Å². The van der Waals surface area contributed by atoms with E-state index in [-0.39, 0.29) is 24.4 Å². The molecular weight excluding hydrogens is 426 g/mol. The summed E-state index contributed by atoms with van der Waals surface area (Å²) in [6, 6.07) is 4.16. The van der Waals surface area contributed by atoms with Gasteiger partial charge in [0.2, 0.25) is 0 Å². The lowest BCUT2D eigenvalue weighted by Gasteiger charge is -2.31. The highest BCUT2D eigenvalue weighted by atomic mass is 35.5. The first-order valence-corrected chi connectivity index (χ1v) is 11.3. The van der Waals surface area contributed by atoms with E-state index in [0.717, 1.165) is 11.8 Å². The van der Waals surface area contributed by atoms with Crippen molar-refractivity contribution < 1.29 is 18.9 Å². The molecule has 0 aromatic carbocycles. The Hall–Kier alpha value is -1.55. The van der Waals surface area contributed by atoms with Gasteiger partial charge in [-0.2, -0.15) is 0 Å². The van der Waals surface area contributed by atoms with Crippen LogP contribution in [0.15, 0.2) is 24.7 Å². The third-order valence-electron chi connectivity index (χ3n) is 5.99. The van der Waals surface area contributed by atoms with Crippen LogP contribution in [0.1, 0.15) is 41.5 Å². The minimum absolute atomic E-state index is 0.178. The summed E-state index contributed by atoms with van der Waals surface area (Å²) in [6.45, 7) is 6.69. The average molecular weight is 448 g/mol. The normalized spacial score (nSPS) is 32.5. The van der Waals surface area contributed by atoms with Crippen LogP contribution >= 0.6 is 22.9 Å². The number of fused-ring (bicyclic) bond motifs is 3. The fourth-order valence-electron chi connectivity index (χ4n) is 4.86. The van der Waals surface area contributed by atoms with Gasteiger partial charge in [0.25, 0.3) is 0 Å². The molecule has 2 fully saturated rings. The fourth-order valence-corrected chi connectivity index (χ4v) is 6.21. The molecule has 3 aliphatic rings. The maximum absolute atomic E-state index is 6.61. The Labute approximate surface area is 182 Å². The van der Waals surface area contributed by atoms with Gasteiger partial charge >= 0.3 is 0 Å². The third-order valence-corrected chi connectivity index (χ3v) is 7.45. The highest BCUT2D eigenvalue weighted by molar-refractivity contribution is 7.12. The first-order valence-electron chi connectivity index (χ1n) is 10.1. The van der Waals surface area contributed by atoms with Gasteiger partial charge in [-0.25, -0.2) is 9.97 Å². The van der Waals surface area contributed by atoms with E-state index in [4.69, 9.17) is 30.5 Å². The van der Waals surface area contributed by atoms with E-state index in [1.807, 2.05) is 30.7 Å². The van der Waals surface area contributed by atoms with Crippen LogP contribution in [-0.4, -0.2) is 45.2 Å². The van der Waals surface area contributed by atoms with E-state index in [1.165, 1.54) is 21.6 Å². The highest BCUT2D eigenvalue weighted by Crippen LogP contribution is 2.50. The van der Waals surface area contributed by atoms with Crippen molar-refractivity contribution in [3.8, 4) is 0 Å². The Balaban J connectivity index is 1.42. The molecule has 158 valence electrons. The molecule has 3 aromatic heterocycles. The number of hydrogen-bond acceptors (Lipinski definition) is 7.